The zero-order chi connectivity index (χ0) is 24.0. The van der Waals surface area contributed by atoms with E-state index in [1.54, 1.807) is 32.0 Å². The van der Waals surface area contributed by atoms with Crippen LogP contribution in [0.3, 0.4) is 0 Å². The number of rotatable bonds is 5. The Hall–Kier alpha value is -3.23. The second-order valence-electron chi connectivity index (χ2n) is 8.27. The van der Waals surface area contributed by atoms with Gasteiger partial charge in [0.15, 0.2) is 5.60 Å². The summed E-state index contributed by atoms with van der Waals surface area (Å²) >= 11 is 0. The Morgan fingerprint density at radius 3 is 2.39 bits per heavy atom. The zero-order valence-corrected chi connectivity index (χ0v) is 18.6. The molecule has 2 aromatic rings. The summed E-state index contributed by atoms with van der Waals surface area (Å²) in [4.78, 5) is 28.7. The van der Waals surface area contributed by atoms with Crippen molar-refractivity contribution < 1.29 is 32.2 Å². The summed E-state index contributed by atoms with van der Waals surface area (Å²) in [7, 11) is 1.35. The third-order valence-electron chi connectivity index (χ3n) is 6.44. The summed E-state index contributed by atoms with van der Waals surface area (Å²) in [5.41, 5.74) is -0.507. The molecule has 0 spiro atoms. The maximum Gasteiger partial charge on any atom is 0.416 e. The molecule has 0 unspecified atom stereocenters. The highest BCUT2D eigenvalue weighted by Gasteiger charge is 2.47. The van der Waals surface area contributed by atoms with Crippen molar-refractivity contribution in [3.63, 3.8) is 0 Å². The van der Waals surface area contributed by atoms with Gasteiger partial charge in [0.05, 0.1) is 30.0 Å². The number of alkyl halides is 3. The fraction of sp³-hybridized carbons (Fsp3) is 0.417. The molecule has 9 heteroatoms. The minimum atomic E-state index is -4.53. The molecule has 0 aliphatic carbocycles. The van der Waals surface area contributed by atoms with Crippen LogP contribution in [0.4, 0.5) is 30.2 Å². The van der Waals surface area contributed by atoms with Crippen LogP contribution < -0.4 is 14.5 Å². The number of esters is 1. The first-order chi connectivity index (χ1) is 15.6. The van der Waals surface area contributed by atoms with Crippen LogP contribution in [0.25, 0.3) is 0 Å². The Kier molecular flexibility index (Phi) is 5.76. The largest absolute Gasteiger partial charge is 0.475 e. The van der Waals surface area contributed by atoms with Gasteiger partial charge >= 0.3 is 12.1 Å². The normalized spacial score (nSPS) is 17.8. The Morgan fingerprint density at radius 1 is 1.12 bits per heavy atom. The first-order valence-electron chi connectivity index (χ1n) is 10.8. The number of ether oxygens (including phenoxy) is 2. The van der Waals surface area contributed by atoms with Crippen LogP contribution in [0.2, 0.25) is 0 Å². The SMILES string of the molecule is CCC1(CC)Oc2cc(C(F)(F)F)ccc2N(c2cccc(N3CC(C(=O)OC)C3)c2)C1=O. The lowest BCUT2D eigenvalue weighted by Gasteiger charge is -2.43. The molecule has 1 amide bonds. The van der Waals surface area contributed by atoms with Gasteiger partial charge in [-0.3, -0.25) is 14.5 Å². The Balaban J connectivity index is 1.74. The van der Waals surface area contributed by atoms with E-state index < -0.39 is 17.3 Å². The third-order valence-corrected chi connectivity index (χ3v) is 6.44. The van der Waals surface area contributed by atoms with Gasteiger partial charge in [-0.25, -0.2) is 0 Å². The van der Waals surface area contributed by atoms with Crippen LogP contribution in [0.15, 0.2) is 42.5 Å². The van der Waals surface area contributed by atoms with E-state index in [1.165, 1.54) is 18.1 Å². The van der Waals surface area contributed by atoms with Gasteiger partial charge in [0.25, 0.3) is 5.91 Å². The number of anilines is 3. The fourth-order valence-corrected chi connectivity index (χ4v) is 4.31. The summed E-state index contributed by atoms with van der Waals surface area (Å²) in [6.45, 7) is 4.54. The van der Waals surface area contributed by atoms with Crippen LogP contribution in [0, 0.1) is 5.92 Å². The number of fused-ring (bicyclic) bond motifs is 1. The summed E-state index contributed by atoms with van der Waals surface area (Å²) in [6, 6.07) is 10.4. The molecule has 6 nitrogen and oxygen atoms in total. The number of amides is 1. The summed E-state index contributed by atoms with van der Waals surface area (Å²) in [5.74, 6) is -0.782. The van der Waals surface area contributed by atoms with E-state index in [9.17, 15) is 22.8 Å². The molecular weight excluding hydrogens is 437 g/mol. The number of hydrogen-bond acceptors (Lipinski definition) is 5. The lowest BCUT2D eigenvalue weighted by Crippen LogP contribution is -2.54. The lowest BCUT2D eigenvalue weighted by molar-refractivity contribution is -0.146. The van der Waals surface area contributed by atoms with E-state index in [4.69, 9.17) is 9.47 Å². The van der Waals surface area contributed by atoms with Gasteiger partial charge in [-0.2, -0.15) is 13.2 Å². The first-order valence-corrected chi connectivity index (χ1v) is 10.8. The summed E-state index contributed by atoms with van der Waals surface area (Å²) in [5, 5.41) is 0. The predicted octanol–water partition coefficient (Wildman–Crippen LogP) is 4.93. The maximum absolute atomic E-state index is 13.6. The molecule has 1 fully saturated rings. The van der Waals surface area contributed by atoms with Crippen molar-refractivity contribution in [2.75, 3.05) is 30.0 Å². The topological polar surface area (TPSA) is 59.1 Å². The molecule has 2 heterocycles. The standard InChI is InChI=1S/C24H25F3N2O4/c1-4-23(5-2)22(31)29(19-10-9-16(24(25,26)27)11-20(19)33-23)18-8-6-7-17(12-18)28-13-15(14-28)21(30)32-3/h6-12,15H,4-5,13-14H2,1-3H3. The van der Waals surface area contributed by atoms with Crippen molar-refractivity contribution in [1.82, 2.24) is 0 Å². The molecule has 0 atom stereocenters. The first kappa shape index (κ1) is 22.9. The molecule has 2 aliphatic heterocycles. The van der Waals surface area contributed by atoms with E-state index >= 15 is 0 Å². The number of carbonyl (C=O) groups is 2. The van der Waals surface area contributed by atoms with Gasteiger partial charge in [0.2, 0.25) is 0 Å². The van der Waals surface area contributed by atoms with Gasteiger partial charge in [-0.15, -0.1) is 0 Å². The van der Waals surface area contributed by atoms with E-state index in [-0.39, 0.29) is 29.2 Å². The molecule has 0 bridgehead atoms. The average Bonchev–Trinajstić information content (AvgIpc) is 2.76. The summed E-state index contributed by atoms with van der Waals surface area (Å²) < 4.78 is 50.7. The second kappa shape index (κ2) is 8.28. The number of nitrogens with zero attached hydrogens (tertiary/aromatic N) is 2. The third kappa shape index (κ3) is 3.89. The number of halogens is 3. The minimum absolute atomic E-state index is 0.0215. The molecule has 1 saturated heterocycles. The molecule has 33 heavy (non-hydrogen) atoms. The highest BCUT2D eigenvalue weighted by atomic mass is 19.4. The van der Waals surface area contributed by atoms with Gasteiger partial charge in [-0.05, 0) is 49.2 Å². The molecule has 2 aliphatic rings. The van der Waals surface area contributed by atoms with E-state index in [0.29, 0.717) is 31.6 Å². The molecule has 0 aromatic heterocycles. The van der Waals surface area contributed by atoms with Crippen molar-refractivity contribution in [1.29, 1.82) is 0 Å². The Labute approximate surface area is 189 Å². The van der Waals surface area contributed by atoms with Crippen molar-refractivity contribution in [3.8, 4) is 5.75 Å². The fourth-order valence-electron chi connectivity index (χ4n) is 4.31. The van der Waals surface area contributed by atoms with Crippen molar-refractivity contribution in [2.24, 2.45) is 5.92 Å². The molecular formula is C24H25F3N2O4. The van der Waals surface area contributed by atoms with Gasteiger partial charge in [-0.1, -0.05) is 19.9 Å². The monoisotopic (exact) mass is 462 g/mol. The van der Waals surface area contributed by atoms with E-state index in [2.05, 4.69) is 0 Å². The minimum Gasteiger partial charge on any atom is -0.475 e. The molecule has 0 saturated carbocycles. The van der Waals surface area contributed by atoms with Gasteiger partial charge in [0, 0.05) is 18.8 Å². The van der Waals surface area contributed by atoms with Crippen molar-refractivity contribution in [2.45, 2.75) is 38.5 Å². The molecule has 0 radical (unpaired) electrons. The van der Waals surface area contributed by atoms with E-state index in [0.717, 1.165) is 17.8 Å². The van der Waals surface area contributed by atoms with Crippen LogP contribution >= 0.6 is 0 Å². The highest BCUT2D eigenvalue weighted by molar-refractivity contribution is 6.08. The number of carbonyl (C=O) groups excluding carboxylic acids is 2. The smallest absolute Gasteiger partial charge is 0.416 e. The molecule has 4 rings (SSSR count). The van der Waals surface area contributed by atoms with E-state index in [1.807, 2.05) is 11.0 Å². The predicted molar refractivity (Wildman–Crippen MR) is 117 cm³/mol. The molecule has 2 aromatic carbocycles. The quantitative estimate of drug-likeness (QED) is 0.590. The van der Waals surface area contributed by atoms with Gasteiger partial charge in [0.1, 0.15) is 5.75 Å². The molecule has 0 N–H and O–H groups in total. The van der Waals surface area contributed by atoms with Crippen LogP contribution in [0.1, 0.15) is 32.3 Å². The van der Waals surface area contributed by atoms with Crippen LogP contribution in [-0.4, -0.2) is 37.7 Å². The number of methoxy groups -OCH3 is 1. The highest BCUT2D eigenvalue weighted by Crippen LogP contribution is 2.47. The molecule has 176 valence electrons. The second-order valence-corrected chi connectivity index (χ2v) is 8.27. The number of hydrogen-bond donors (Lipinski definition) is 0. The van der Waals surface area contributed by atoms with Crippen molar-refractivity contribution in [3.05, 3.63) is 48.0 Å². The van der Waals surface area contributed by atoms with Crippen LogP contribution in [0.5, 0.6) is 5.75 Å². The summed E-state index contributed by atoms with van der Waals surface area (Å²) in [6.07, 6.45) is -3.92. The Bertz CT molecular complexity index is 1080. The van der Waals surface area contributed by atoms with Crippen molar-refractivity contribution >= 4 is 28.9 Å². The lowest BCUT2D eigenvalue weighted by atomic mass is 9.92. The van der Waals surface area contributed by atoms with Gasteiger partial charge < -0.3 is 14.4 Å². The Morgan fingerprint density at radius 2 is 1.79 bits per heavy atom. The maximum atomic E-state index is 13.6. The number of benzene rings is 2. The average molecular weight is 462 g/mol. The van der Waals surface area contributed by atoms with Crippen LogP contribution in [-0.2, 0) is 20.5 Å². The zero-order valence-electron chi connectivity index (χ0n) is 18.6.